The predicted octanol–water partition coefficient (Wildman–Crippen LogP) is 3.54. The van der Waals surface area contributed by atoms with Gasteiger partial charge in [-0.25, -0.2) is 0 Å². The highest BCUT2D eigenvalue weighted by atomic mass is 28.4. The molecule has 1 saturated carbocycles. The highest BCUT2D eigenvalue weighted by Crippen LogP contribution is 2.37. The van der Waals surface area contributed by atoms with Gasteiger partial charge in [0.2, 0.25) is 0 Å². The fourth-order valence-electron chi connectivity index (χ4n) is 2.45. The average Bonchev–Trinajstić information content (AvgIpc) is 2.16. The van der Waals surface area contributed by atoms with E-state index < -0.39 is 13.9 Å². The summed E-state index contributed by atoms with van der Waals surface area (Å²) in [6.45, 7) is 12.5. The normalized spacial score (nSPS) is 31.1. The van der Waals surface area contributed by atoms with Crippen molar-refractivity contribution in [2.75, 3.05) is 0 Å². The summed E-state index contributed by atoms with van der Waals surface area (Å²) in [4.78, 5) is 11.3. The second kappa shape index (κ2) is 4.84. The minimum atomic E-state index is -1.64. The van der Waals surface area contributed by atoms with Crippen LogP contribution in [-0.2, 0) is 9.22 Å². The second-order valence-electron chi connectivity index (χ2n) is 6.02. The minimum absolute atomic E-state index is 0.490. The summed E-state index contributed by atoms with van der Waals surface area (Å²) >= 11 is 0. The Morgan fingerprint density at radius 2 is 1.88 bits per heavy atom. The third kappa shape index (κ3) is 3.56. The molecule has 0 saturated heterocycles. The Hall–Kier alpha value is -0.413. The summed E-state index contributed by atoms with van der Waals surface area (Å²) in [7, 11) is -1.64. The molecule has 0 atom stereocenters. The lowest BCUT2D eigenvalue weighted by Crippen LogP contribution is -2.46. The summed E-state index contributed by atoms with van der Waals surface area (Å²) in [6, 6.07) is 0. The van der Waals surface area contributed by atoms with Crippen LogP contribution in [0.3, 0.4) is 0 Å². The SMILES string of the molecule is C=C(C)C1CCC(C=O)(O[Si](C)(C)C)CC1. The van der Waals surface area contributed by atoms with Crippen LogP contribution in [0, 0.1) is 5.92 Å². The summed E-state index contributed by atoms with van der Waals surface area (Å²) in [5.41, 5.74) is 0.753. The molecule has 0 bridgehead atoms. The largest absolute Gasteiger partial charge is 0.405 e. The fraction of sp³-hybridized carbons (Fsp3) is 0.769. The van der Waals surface area contributed by atoms with Crippen LogP contribution in [0.5, 0.6) is 0 Å². The van der Waals surface area contributed by atoms with Crippen LogP contribution in [-0.4, -0.2) is 20.2 Å². The number of rotatable bonds is 4. The van der Waals surface area contributed by atoms with Crippen molar-refractivity contribution < 1.29 is 9.22 Å². The molecule has 0 amide bonds. The van der Waals surface area contributed by atoms with Crippen molar-refractivity contribution in [3.8, 4) is 0 Å². The maximum absolute atomic E-state index is 11.3. The van der Waals surface area contributed by atoms with E-state index in [0.29, 0.717) is 5.92 Å². The molecule has 1 aliphatic rings. The third-order valence-corrected chi connectivity index (χ3v) is 4.27. The molecule has 1 aliphatic carbocycles. The van der Waals surface area contributed by atoms with Gasteiger partial charge in [0.15, 0.2) is 14.6 Å². The molecule has 2 nitrogen and oxygen atoms in total. The van der Waals surface area contributed by atoms with Crippen molar-refractivity contribution in [3.63, 3.8) is 0 Å². The standard InChI is InChI=1S/C13H24O2Si/c1-11(2)12-6-8-13(10-14,9-7-12)15-16(3,4)5/h10,12H,1,6-9H2,2-5H3. The zero-order valence-electron chi connectivity index (χ0n) is 11.0. The first-order valence-electron chi connectivity index (χ1n) is 6.10. The lowest BCUT2D eigenvalue weighted by Gasteiger charge is -2.40. The van der Waals surface area contributed by atoms with Gasteiger partial charge in [-0.15, -0.1) is 0 Å². The van der Waals surface area contributed by atoms with Gasteiger partial charge in [-0.2, -0.15) is 0 Å². The summed E-state index contributed by atoms with van der Waals surface area (Å²) < 4.78 is 6.08. The number of aldehydes is 1. The first-order chi connectivity index (χ1) is 7.28. The Kier molecular flexibility index (Phi) is 4.13. The Bertz CT molecular complexity index is 270. The first kappa shape index (κ1) is 13.7. The van der Waals surface area contributed by atoms with E-state index in [-0.39, 0.29) is 0 Å². The number of hydrogen-bond donors (Lipinski definition) is 0. The number of carbonyl (C=O) groups is 1. The molecule has 0 radical (unpaired) electrons. The smallest absolute Gasteiger partial charge is 0.185 e. The second-order valence-corrected chi connectivity index (χ2v) is 10.4. The number of hydrogen-bond acceptors (Lipinski definition) is 2. The van der Waals surface area contributed by atoms with Gasteiger partial charge < -0.3 is 9.22 Å². The molecule has 0 aromatic rings. The highest BCUT2D eigenvalue weighted by Gasteiger charge is 2.39. The van der Waals surface area contributed by atoms with Gasteiger partial charge in [-0.3, -0.25) is 0 Å². The fourth-order valence-corrected chi connectivity index (χ4v) is 3.92. The Morgan fingerprint density at radius 1 is 1.38 bits per heavy atom. The summed E-state index contributed by atoms with van der Waals surface area (Å²) in [5.74, 6) is 0.582. The molecule has 0 spiro atoms. The van der Waals surface area contributed by atoms with Crippen molar-refractivity contribution in [1.82, 2.24) is 0 Å². The molecule has 16 heavy (non-hydrogen) atoms. The van der Waals surface area contributed by atoms with Crippen LogP contribution in [0.4, 0.5) is 0 Å². The molecule has 0 N–H and O–H groups in total. The lowest BCUT2D eigenvalue weighted by atomic mass is 9.77. The van der Waals surface area contributed by atoms with Gasteiger partial charge in [0, 0.05) is 0 Å². The lowest BCUT2D eigenvalue weighted by molar-refractivity contribution is -0.125. The van der Waals surface area contributed by atoms with E-state index in [1.54, 1.807) is 0 Å². The monoisotopic (exact) mass is 240 g/mol. The molecule has 1 rings (SSSR count). The van der Waals surface area contributed by atoms with Gasteiger partial charge in [0.1, 0.15) is 5.60 Å². The molecule has 0 aromatic heterocycles. The Morgan fingerprint density at radius 3 is 2.19 bits per heavy atom. The number of carbonyl (C=O) groups excluding carboxylic acids is 1. The van der Waals surface area contributed by atoms with Gasteiger partial charge in [-0.1, -0.05) is 12.2 Å². The number of allylic oxidation sites excluding steroid dienone is 1. The van der Waals surface area contributed by atoms with Crippen molar-refractivity contribution in [2.24, 2.45) is 5.92 Å². The molecule has 0 unspecified atom stereocenters. The average molecular weight is 240 g/mol. The van der Waals surface area contributed by atoms with E-state index in [9.17, 15) is 4.79 Å². The van der Waals surface area contributed by atoms with E-state index in [2.05, 4.69) is 33.1 Å². The van der Waals surface area contributed by atoms with Crippen LogP contribution < -0.4 is 0 Å². The van der Waals surface area contributed by atoms with Crippen LogP contribution in [0.1, 0.15) is 32.6 Å². The van der Waals surface area contributed by atoms with Crippen molar-refractivity contribution in [2.45, 2.75) is 57.8 Å². The van der Waals surface area contributed by atoms with Gasteiger partial charge >= 0.3 is 0 Å². The molecule has 0 heterocycles. The van der Waals surface area contributed by atoms with Gasteiger partial charge in [0.25, 0.3) is 0 Å². The van der Waals surface area contributed by atoms with Gasteiger partial charge in [-0.05, 0) is 58.2 Å². The van der Waals surface area contributed by atoms with E-state index >= 15 is 0 Å². The summed E-state index contributed by atoms with van der Waals surface area (Å²) in [6.07, 6.45) is 4.84. The zero-order chi connectivity index (χ0) is 12.4. The summed E-state index contributed by atoms with van der Waals surface area (Å²) in [5, 5.41) is 0. The van der Waals surface area contributed by atoms with Crippen LogP contribution in [0.25, 0.3) is 0 Å². The van der Waals surface area contributed by atoms with Crippen LogP contribution in [0.15, 0.2) is 12.2 Å². The molecular formula is C13H24O2Si. The van der Waals surface area contributed by atoms with Crippen LogP contribution in [0.2, 0.25) is 19.6 Å². The molecule has 1 fully saturated rings. The van der Waals surface area contributed by atoms with Gasteiger partial charge in [0.05, 0.1) is 0 Å². The molecule has 3 heteroatoms. The van der Waals surface area contributed by atoms with E-state index in [4.69, 9.17) is 4.43 Å². The van der Waals surface area contributed by atoms with E-state index in [0.717, 1.165) is 32.0 Å². The molecule has 92 valence electrons. The maximum atomic E-state index is 11.3. The zero-order valence-corrected chi connectivity index (χ0v) is 12.0. The Balaban J connectivity index is 2.65. The molecule has 0 aliphatic heterocycles. The van der Waals surface area contributed by atoms with Crippen molar-refractivity contribution in [3.05, 3.63) is 12.2 Å². The van der Waals surface area contributed by atoms with Crippen LogP contribution >= 0.6 is 0 Å². The quantitative estimate of drug-likeness (QED) is 0.427. The highest BCUT2D eigenvalue weighted by molar-refractivity contribution is 6.70. The van der Waals surface area contributed by atoms with Crippen molar-refractivity contribution in [1.29, 1.82) is 0 Å². The topological polar surface area (TPSA) is 26.3 Å². The maximum Gasteiger partial charge on any atom is 0.185 e. The Labute approximate surface area is 100 Å². The van der Waals surface area contributed by atoms with Crippen molar-refractivity contribution >= 4 is 14.6 Å². The third-order valence-electron chi connectivity index (χ3n) is 3.25. The first-order valence-corrected chi connectivity index (χ1v) is 9.51. The minimum Gasteiger partial charge on any atom is -0.405 e. The van der Waals surface area contributed by atoms with E-state index in [1.807, 2.05) is 0 Å². The predicted molar refractivity (Wildman–Crippen MR) is 70.0 cm³/mol. The molecular weight excluding hydrogens is 216 g/mol. The molecule has 0 aromatic carbocycles. The van der Waals surface area contributed by atoms with E-state index in [1.165, 1.54) is 5.57 Å².